The Morgan fingerprint density at radius 3 is 1.71 bits per heavy atom. The molecule has 1 aromatic rings. The Hall–Kier alpha value is -2.04. The highest BCUT2D eigenvalue weighted by Crippen LogP contribution is 2.31. The maximum absolute atomic E-state index is 11.8. The minimum Gasteiger partial charge on any atom is -0.481 e. The molecule has 0 spiro atoms. The summed E-state index contributed by atoms with van der Waals surface area (Å²) in [5.74, 6) is -1.44. The number of nitrogens with two attached hydrogens (primary N) is 2. The third-order valence-corrected chi connectivity index (χ3v) is 5.96. The van der Waals surface area contributed by atoms with Crippen molar-refractivity contribution >= 4 is 17.6 Å². The maximum atomic E-state index is 11.8. The zero-order chi connectivity index (χ0) is 22.7. The first kappa shape index (κ1) is 27.0. The van der Waals surface area contributed by atoms with Gasteiger partial charge in [0, 0.05) is 0 Å². The number of unbranched alkanes of at least 4 members (excludes halogenated alkanes) is 14. The summed E-state index contributed by atoms with van der Waals surface area (Å²) in [6.07, 6.45) is 20.1. The molecule has 1 unspecified atom stereocenters. The minimum absolute atomic E-state index is 0.0523. The van der Waals surface area contributed by atoms with E-state index in [-0.39, 0.29) is 5.96 Å². The molecule has 0 fully saturated rings. The molecule has 0 aromatic heterocycles. The van der Waals surface area contributed by atoms with Crippen LogP contribution in [-0.4, -0.2) is 17.0 Å². The van der Waals surface area contributed by atoms with Gasteiger partial charge in [0.25, 0.3) is 0 Å². The van der Waals surface area contributed by atoms with Gasteiger partial charge < -0.3 is 16.6 Å². The van der Waals surface area contributed by atoms with Gasteiger partial charge in [-0.05, 0) is 18.1 Å². The summed E-state index contributed by atoms with van der Waals surface area (Å²) in [4.78, 5) is 15.9. The minimum atomic E-state index is -0.816. The zero-order valence-electron chi connectivity index (χ0n) is 19.7. The van der Waals surface area contributed by atoms with Crippen LogP contribution >= 0.6 is 0 Å². The van der Waals surface area contributed by atoms with Crippen LogP contribution in [0.5, 0.6) is 0 Å². The van der Waals surface area contributed by atoms with Gasteiger partial charge in [-0.2, -0.15) is 0 Å². The molecule has 0 bridgehead atoms. The van der Waals surface area contributed by atoms with Crippen molar-refractivity contribution < 1.29 is 9.90 Å². The van der Waals surface area contributed by atoms with E-state index >= 15 is 0 Å². The quantitative estimate of drug-likeness (QED) is 0.124. The lowest BCUT2D eigenvalue weighted by atomic mass is 9.91. The van der Waals surface area contributed by atoms with Crippen LogP contribution in [0.15, 0.2) is 29.3 Å². The second-order valence-electron chi connectivity index (χ2n) is 8.72. The first-order valence-corrected chi connectivity index (χ1v) is 12.5. The fourth-order valence-electron chi connectivity index (χ4n) is 4.15. The number of aliphatic carboxylic acids is 1. The lowest BCUT2D eigenvalue weighted by molar-refractivity contribution is -0.139. The van der Waals surface area contributed by atoms with Gasteiger partial charge in [0.2, 0.25) is 0 Å². The van der Waals surface area contributed by atoms with E-state index in [9.17, 15) is 9.90 Å². The number of hydrogen-bond acceptors (Lipinski definition) is 2. The second-order valence-corrected chi connectivity index (χ2v) is 8.72. The average molecular weight is 432 g/mol. The molecule has 5 nitrogen and oxygen atoms in total. The van der Waals surface area contributed by atoms with Crippen molar-refractivity contribution in [3.05, 3.63) is 29.8 Å². The molecule has 1 aromatic carbocycles. The van der Waals surface area contributed by atoms with Gasteiger partial charge in [0.05, 0.1) is 11.6 Å². The summed E-state index contributed by atoms with van der Waals surface area (Å²) in [5, 5.41) is 9.69. The van der Waals surface area contributed by atoms with Gasteiger partial charge in [-0.3, -0.25) is 4.79 Å². The van der Waals surface area contributed by atoms with Crippen LogP contribution in [0.25, 0.3) is 0 Å². The molecule has 0 aliphatic heterocycles. The Balaban J connectivity index is 2.14. The molecule has 31 heavy (non-hydrogen) atoms. The van der Waals surface area contributed by atoms with Gasteiger partial charge in [-0.25, -0.2) is 4.99 Å². The van der Waals surface area contributed by atoms with Crippen molar-refractivity contribution in [3.63, 3.8) is 0 Å². The van der Waals surface area contributed by atoms with E-state index in [4.69, 9.17) is 11.5 Å². The Kier molecular flexibility index (Phi) is 15.3. The molecule has 0 saturated heterocycles. The number of guanidine groups is 1. The molecule has 1 atom stereocenters. The van der Waals surface area contributed by atoms with E-state index < -0.39 is 11.9 Å². The van der Waals surface area contributed by atoms with E-state index in [2.05, 4.69) is 11.9 Å². The molecule has 0 amide bonds. The van der Waals surface area contributed by atoms with Crippen molar-refractivity contribution in [2.24, 2.45) is 16.5 Å². The Bertz CT molecular complexity index is 627. The van der Waals surface area contributed by atoms with Gasteiger partial charge in [0.1, 0.15) is 0 Å². The molecule has 5 N–H and O–H groups in total. The van der Waals surface area contributed by atoms with Crippen LogP contribution in [0.1, 0.15) is 121 Å². The molecule has 0 radical (unpaired) electrons. The van der Waals surface area contributed by atoms with Crippen LogP contribution in [0.3, 0.4) is 0 Å². The molecule has 176 valence electrons. The number of carboxylic acids is 1. The van der Waals surface area contributed by atoms with Gasteiger partial charge in [-0.15, -0.1) is 0 Å². The summed E-state index contributed by atoms with van der Waals surface area (Å²) >= 11 is 0. The number of carboxylic acid groups (broad SMARTS) is 1. The van der Waals surface area contributed by atoms with E-state index in [1.165, 1.54) is 83.5 Å². The highest BCUT2D eigenvalue weighted by Gasteiger charge is 2.22. The topological polar surface area (TPSA) is 102 Å². The smallest absolute Gasteiger partial charge is 0.311 e. The van der Waals surface area contributed by atoms with Gasteiger partial charge >= 0.3 is 5.97 Å². The number of hydrogen-bond donors (Lipinski definition) is 3. The van der Waals surface area contributed by atoms with Gasteiger partial charge in [0.15, 0.2) is 5.96 Å². The number of nitrogens with zero attached hydrogens (tertiary/aromatic N) is 1. The number of para-hydroxylation sites is 1. The third kappa shape index (κ3) is 13.1. The van der Waals surface area contributed by atoms with E-state index in [0.717, 1.165) is 12.8 Å². The molecule has 5 heteroatoms. The van der Waals surface area contributed by atoms with E-state index in [1.54, 1.807) is 6.07 Å². The molecular formula is C26H45N3O2. The fraction of sp³-hybridized carbons (Fsp3) is 0.692. The fourth-order valence-corrected chi connectivity index (χ4v) is 4.15. The van der Waals surface area contributed by atoms with Crippen molar-refractivity contribution in [3.8, 4) is 0 Å². The van der Waals surface area contributed by atoms with Crippen molar-refractivity contribution in [2.45, 2.75) is 116 Å². The normalized spacial score (nSPS) is 11.9. The van der Waals surface area contributed by atoms with Crippen LogP contribution < -0.4 is 11.5 Å². The highest BCUT2D eigenvalue weighted by molar-refractivity contribution is 5.82. The summed E-state index contributed by atoms with van der Waals surface area (Å²) in [7, 11) is 0. The first-order chi connectivity index (χ1) is 15.1. The number of rotatable bonds is 19. The molecule has 0 aliphatic rings. The molecular weight excluding hydrogens is 386 g/mol. The second kappa shape index (κ2) is 17.6. The lowest BCUT2D eigenvalue weighted by Gasteiger charge is -2.15. The number of aliphatic imine (C=N–C) groups is 1. The standard InChI is InChI=1S/C26H45N3O2/c1-2-3-4-5-6-7-8-9-10-11-12-13-14-15-16-20-23(25(30)31)22-19-17-18-21-24(22)29-26(27)28/h17-19,21,23H,2-16,20H2,1H3,(H,30,31)(H4,27,28,29). The monoisotopic (exact) mass is 431 g/mol. The van der Waals surface area contributed by atoms with E-state index in [0.29, 0.717) is 17.7 Å². The third-order valence-electron chi connectivity index (χ3n) is 5.96. The molecule has 0 heterocycles. The lowest BCUT2D eigenvalue weighted by Crippen LogP contribution is -2.22. The van der Waals surface area contributed by atoms with Crippen molar-refractivity contribution in [1.29, 1.82) is 0 Å². The van der Waals surface area contributed by atoms with Crippen molar-refractivity contribution in [1.82, 2.24) is 0 Å². The predicted octanol–water partition coefficient (Wildman–Crippen LogP) is 7.02. The Labute approximate surface area is 189 Å². The summed E-state index contributed by atoms with van der Waals surface area (Å²) < 4.78 is 0. The largest absolute Gasteiger partial charge is 0.481 e. The van der Waals surface area contributed by atoms with Crippen LogP contribution in [0.4, 0.5) is 5.69 Å². The van der Waals surface area contributed by atoms with E-state index in [1.807, 2.05) is 18.2 Å². The molecule has 0 aliphatic carbocycles. The zero-order valence-corrected chi connectivity index (χ0v) is 19.7. The van der Waals surface area contributed by atoms with Gasteiger partial charge in [-0.1, -0.05) is 121 Å². The van der Waals surface area contributed by atoms with Crippen LogP contribution in [0, 0.1) is 0 Å². The van der Waals surface area contributed by atoms with Crippen LogP contribution in [-0.2, 0) is 4.79 Å². The highest BCUT2D eigenvalue weighted by atomic mass is 16.4. The van der Waals surface area contributed by atoms with Crippen molar-refractivity contribution in [2.75, 3.05) is 0 Å². The average Bonchev–Trinajstić information content (AvgIpc) is 2.73. The Morgan fingerprint density at radius 2 is 1.26 bits per heavy atom. The summed E-state index contributed by atoms with van der Waals surface area (Å²) in [6.45, 7) is 2.27. The predicted molar refractivity (Wildman–Crippen MR) is 132 cm³/mol. The molecule has 1 rings (SSSR count). The summed E-state index contributed by atoms with van der Waals surface area (Å²) in [5.41, 5.74) is 12.2. The molecule has 0 saturated carbocycles. The SMILES string of the molecule is CCCCCCCCCCCCCCCCCC(C(=O)O)c1ccccc1N=C(N)N. The van der Waals surface area contributed by atoms with Crippen LogP contribution in [0.2, 0.25) is 0 Å². The number of benzene rings is 1. The maximum Gasteiger partial charge on any atom is 0.311 e. The Morgan fingerprint density at radius 1 is 0.806 bits per heavy atom. The first-order valence-electron chi connectivity index (χ1n) is 12.5. The summed E-state index contributed by atoms with van der Waals surface area (Å²) in [6, 6.07) is 7.23. The number of carbonyl (C=O) groups is 1.